The van der Waals surface area contributed by atoms with E-state index in [0.29, 0.717) is 11.3 Å². The van der Waals surface area contributed by atoms with Gasteiger partial charge in [0.2, 0.25) is 0 Å². The van der Waals surface area contributed by atoms with Gasteiger partial charge in [-0.1, -0.05) is 18.2 Å². The van der Waals surface area contributed by atoms with Crippen molar-refractivity contribution in [1.29, 1.82) is 0 Å². The number of para-hydroxylation sites is 1. The summed E-state index contributed by atoms with van der Waals surface area (Å²) in [6, 6.07) is 9.21. The predicted molar refractivity (Wildman–Crippen MR) is 67.3 cm³/mol. The fraction of sp³-hybridized carbons (Fsp3) is 0.167. The van der Waals surface area contributed by atoms with Gasteiger partial charge in [-0.15, -0.1) is 5.10 Å². The van der Waals surface area contributed by atoms with E-state index in [0.717, 1.165) is 0 Å². The average Bonchev–Trinajstić information content (AvgIpc) is 2.58. The standard InChI is InChI=1S/C12H14N4O/c1-15(2)8-10-11(13)14-16(12(10)17)9-6-4-3-5-7-9/h3-8H,1-2H3,(H2,13,14)/b10-8-. The van der Waals surface area contributed by atoms with Crippen LogP contribution in [0.1, 0.15) is 0 Å². The number of amidine groups is 1. The fourth-order valence-electron chi connectivity index (χ4n) is 1.55. The summed E-state index contributed by atoms with van der Waals surface area (Å²) in [7, 11) is 3.66. The highest BCUT2D eigenvalue weighted by atomic mass is 16.2. The molecule has 1 amide bonds. The molecular weight excluding hydrogens is 216 g/mol. The monoisotopic (exact) mass is 230 g/mol. The van der Waals surface area contributed by atoms with Crippen LogP contribution in [0.4, 0.5) is 5.69 Å². The van der Waals surface area contributed by atoms with Gasteiger partial charge in [0, 0.05) is 20.3 Å². The van der Waals surface area contributed by atoms with Crippen LogP contribution in [0.3, 0.4) is 0 Å². The lowest BCUT2D eigenvalue weighted by atomic mass is 10.2. The molecule has 1 heterocycles. The highest BCUT2D eigenvalue weighted by Gasteiger charge is 2.29. The highest BCUT2D eigenvalue weighted by molar-refractivity contribution is 6.29. The third kappa shape index (κ3) is 2.13. The number of carbonyl (C=O) groups is 1. The summed E-state index contributed by atoms with van der Waals surface area (Å²) in [6.45, 7) is 0. The van der Waals surface area contributed by atoms with E-state index in [9.17, 15) is 4.79 Å². The lowest BCUT2D eigenvalue weighted by molar-refractivity contribution is -0.114. The maximum atomic E-state index is 12.1. The Kier molecular flexibility index (Phi) is 2.82. The Balaban J connectivity index is 2.34. The molecule has 1 aliphatic heterocycles. The second-order valence-corrected chi connectivity index (χ2v) is 3.94. The molecule has 17 heavy (non-hydrogen) atoms. The van der Waals surface area contributed by atoms with E-state index in [1.807, 2.05) is 44.4 Å². The third-order valence-corrected chi connectivity index (χ3v) is 2.29. The topological polar surface area (TPSA) is 61.9 Å². The van der Waals surface area contributed by atoms with Gasteiger partial charge >= 0.3 is 0 Å². The molecule has 2 rings (SSSR count). The van der Waals surface area contributed by atoms with Gasteiger partial charge in [0.25, 0.3) is 5.91 Å². The minimum absolute atomic E-state index is 0.206. The molecule has 1 aromatic rings. The lowest BCUT2D eigenvalue weighted by Crippen LogP contribution is -2.23. The molecule has 2 N–H and O–H groups in total. The predicted octanol–water partition coefficient (Wildman–Crippen LogP) is 0.751. The molecule has 0 bridgehead atoms. The van der Waals surface area contributed by atoms with E-state index >= 15 is 0 Å². The van der Waals surface area contributed by atoms with Crippen molar-refractivity contribution in [1.82, 2.24) is 4.90 Å². The molecule has 0 aromatic heterocycles. The summed E-state index contributed by atoms with van der Waals surface area (Å²) in [6.07, 6.45) is 1.67. The van der Waals surface area contributed by atoms with E-state index in [2.05, 4.69) is 5.10 Å². The molecule has 88 valence electrons. The van der Waals surface area contributed by atoms with Crippen LogP contribution in [0.25, 0.3) is 0 Å². The Labute approximate surface area is 99.8 Å². The molecule has 0 radical (unpaired) electrons. The van der Waals surface area contributed by atoms with E-state index < -0.39 is 0 Å². The number of rotatable bonds is 2. The van der Waals surface area contributed by atoms with Gasteiger partial charge in [0.15, 0.2) is 5.84 Å². The zero-order valence-electron chi connectivity index (χ0n) is 9.79. The zero-order valence-corrected chi connectivity index (χ0v) is 9.79. The van der Waals surface area contributed by atoms with Crippen LogP contribution < -0.4 is 10.7 Å². The third-order valence-electron chi connectivity index (χ3n) is 2.29. The first kappa shape index (κ1) is 11.2. The maximum absolute atomic E-state index is 12.1. The van der Waals surface area contributed by atoms with Crippen LogP contribution in [0.15, 0.2) is 47.2 Å². The van der Waals surface area contributed by atoms with Gasteiger partial charge < -0.3 is 10.6 Å². The Bertz CT molecular complexity index is 490. The van der Waals surface area contributed by atoms with E-state index in [-0.39, 0.29) is 11.7 Å². The van der Waals surface area contributed by atoms with Crippen LogP contribution in [-0.4, -0.2) is 30.7 Å². The zero-order chi connectivity index (χ0) is 12.4. The Hall–Kier alpha value is -2.30. The number of hydrazone groups is 1. The Morgan fingerprint density at radius 1 is 1.29 bits per heavy atom. The van der Waals surface area contributed by atoms with Gasteiger partial charge in [-0.3, -0.25) is 4.79 Å². The van der Waals surface area contributed by atoms with Crippen molar-refractivity contribution in [2.45, 2.75) is 0 Å². The fourth-order valence-corrected chi connectivity index (χ4v) is 1.55. The van der Waals surface area contributed by atoms with Gasteiger partial charge in [0.1, 0.15) is 5.57 Å². The van der Waals surface area contributed by atoms with E-state index in [1.54, 1.807) is 11.1 Å². The number of hydrogen-bond donors (Lipinski definition) is 1. The van der Waals surface area contributed by atoms with E-state index in [4.69, 9.17) is 5.73 Å². The molecule has 0 saturated carbocycles. The molecule has 5 heteroatoms. The number of nitrogens with zero attached hydrogens (tertiary/aromatic N) is 3. The Morgan fingerprint density at radius 3 is 2.53 bits per heavy atom. The van der Waals surface area contributed by atoms with Crippen LogP contribution in [-0.2, 0) is 4.79 Å². The normalized spacial score (nSPS) is 17.5. The lowest BCUT2D eigenvalue weighted by Gasteiger charge is -2.11. The quantitative estimate of drug-likeness (QED) is 0.763. The highest BCUT2D eigenvalue weighted by Crippen LogP contribution is 2.21. The first-order chi connectivity index (χ1) is 8.09. The van der Waals surface area contributed by atoms with Crippen molar-refractivity contribution in [3.8, 4) is 0 Å². The molecule has 0 aliphatic carbocycles. The molecular formula is C12H14N4O. The van der Waals surface area contributed by atoms with Crippen molar-refractivity contribution in [3.63, 3.8) is 0 Å². The maximum Gasteiger partial charge on any atom is 0.284 e. The summed E-state index contributed by atoms with van der Waals surface area (Å²) >= 11 is 0. The van der Waals surface area contributed by atoms with Gasteiger partial charge in [-0.2, -0.15) is 5.01 Å². The SMILES string of the molecule is CN(C)/C=C1\C(=O)N(c2ccccc2)N=C1N. The molecule has 0 spiro atoms. The number of anilines is 1. The van der Waals surface area contributed by atoms with Crippen molar-refractivity contribution >= 4 is 17.4 Å². The molecule has 5 nitrogen and oxygen atoms in total. The number of benzene rings is 1. The molecule has 1 aliphatic rings. The summed E-state index contributed by atoms with van der Waals surface area (Å²) < 4.78 is 0. The summed E-state index contributed by atoms with van der Waals surface area (Å²) in [5.41, 5.74) is 6.86. The molecule has 1 aromatic carbocycles. The first-order valence-corrected chi connectivity index (χ1v) is 5.22. The number of nitrogens with two attached hydrogens (primary N) is 1. The summed E-state index contributed by atoms with van der Waals surface area (Å²) in [5.74, 6) is 0.0370. The second kappa shape index (κ2) is 4.29. The number of amides is 1. The molecule has 0 fully saturated rings. The Morgan fingerprint density at radius 2 is 1.94 bits per heavy atom. The van der Waals surface area contributed by atoms with E-state index in [1.165, 1.54) is 5.01 Å². The molecule has 0 saturated heterocycles. The largest absolute Gasteiger partial charge is 0.383 e. The minimum atomic E-state index is -0.206. The van der Waals surface area contributed by atoms with Crippen LogP contribution in [0.2, 0.25) is 0 Å². The molecule has 0 atom stereocenters. The van der Waals surface area contributed by atoms with Crippen molar-refractivity contribution in [2.75, 3.05) is 19.1 Å². The second-order valence-electron chi connectivity index (χ2n) is 3.94. The number of carbonyl (C=O) groups excluding carboxylic acids is 1. The van der Waals surface area contributed by atoms with Crippen LogP contribution >= 0.6 is 0 Å². The van der Waals surface area contributed by atoms with Crippen molar-refractivity contribution in [3.05, 3.63) is 42.1 Å². The minimum Gasteiger partial charge on any atom is -0.383 e. The first-order valence-electron chi connectivity index (χ1n) is 5.22. The van der Waals surface area contributed by atoms with Gasteiger partial charge in [0.05, 0.1) is 5.69 Å². The van der Waals surface area contributed by atoms with Gasteiger partial charge in [-0.25, -0.2) is 0 Å². The summed E-state index contributed by atoms with van der Waals surface area (Å²) in [5, 5.41) is 5.37. The van der Waals surface area contributed by atoms with Crippen LogP contribution in [0, 0.1) is 0 Å². The summed E-state index contributed by atoms with van der Waals surface area (Å²) in [4.78, 5) is 13.9. The number of hydrogen-bond acceptors (Lipinski definition) is 4. The molecule has 0 unspecified atom stereocenters. The van der Waals surface area contributed by atoms with Crippen molar-refractivity contribution in [2.24, 2.45) is 10.8 Å². The van der Waals surface area contributed by atoms with Crippen LogP contribution in [0.5, 0.6) is 0 Å². The van der Waals surface area contributed by atoms with Gasteiger partial charge in [-0.05, 0) is 12.1 Å². The average molecular weight is 230 g/mol. The smallest absolute Gasteiger partial charge is 0.284 e. The van der Waals surface area contributed by atoms with Crippen molar-refractivity contribution < 1.29 is 4.79 Å².